The first-order valence-corrected chi connectivity index (χ1v) is 7.61. The highest BCUT2D eigenvalue weighted by atomic mass is 35.5. The number of thioether (sulfide) groups is 1. The fourth-order valence-corrected chi connectivity index (χ4v) is 3.95. The van der Waals surface area contributed by atoms with Crippen LogP contribution in [0.2, 0.25) is 10.0 Å². The van der Waals surface area contributed by atoms with Gasteiger partial charge in [-0.1, -0.05) is 29.6 Å². The number of hydrogen-bond donors (Lipinski definition) is 1. The monoisotopic (exact) mass is 289 g/mol. The summed E-state index contributed by atoms with van der Waals surface area (Å²) in [5.41, 5.74) is 0. The van der Waals surface area contributed by atoms with Gasteiger partial charge in [-0.15, -0.1) is 11.8 Å². The Hall–Kier alpha value is 0.110. The van der Waals surface area contributed by atoms with Gasteiger partial charge in [-0.2, -0.15) is 0 Å². The molecule has 0 amide bonds. The predicted molar refractivity (Wildman–Crippen MR) is 77.4 cm³/mol. The van der Waals surface area contributed by atoms with Crippen molar-refractivity contribution >= 4 is 35.0 Å². The molecule has 0 aliphatic heterocycles. The van der Waals surface area contributed by atoms with Gasteiger partial charge in [0.2, 0.25) is 0 Å². The van der Waals surface area contributed by atoms with Crippen LogP contribution in [0.3, 0.4) is 0 Å². The molecule has 1 fully saturated rings. The highest BCUT2D eigenvalue weighted by molar-refractivity contribution is 8.00. The van der Waals surface area contributed by atoms with Crippen LogP contribution in [-0.4, -0.2) is 18.3 Å². The Morgan fingerprint density at radius 3 is 2.76 bits per heavy atom. The minimum atomic E-state index is 0.632. The van der Waals surface area contributed by atoms with E-state index in [1.807, 2.05) is 23.9 Å². The Morgan fingerprint density at radius 2 is 2.06 bits per heavy atom. The van der Waals surface area contributed by atoms with Crippen molar-refractivity contribution in [2.75, 3.05) is 7.05 Å². The summed E-state index contributed by atoms with van der Waals surface area (Å²) in [6, 6.07) is 6.58. The van der Waals surface area contributed by atoms with Crippen LogP contribution in [0.5, 0.6) is 0 Å². The number of rotatable bonds is 3. The molecule has 94 valence electrons. The lowest BCUT2D eigenvalue weighted by molar-refractivity contribution is 0.402. The van der Waals surface area contributed by atoms with Gasteiger partial charge in [-0.05, 0) is 44.5 Å². The molecule has 2 atom stereocenters. The molecular formula is C13H17Cl2NS. The standard InChI is InChI=1S/C13H17Cl2NS/c1-16-9-3-2-4-10(7-9)17-11-5-6-12(14)13(15)8-11/h5-6,8-10,16H,2-4,7H2,1H3. The van der Waals surface area contributed by atoms with Crippen LogP contribution in [0, 0.1) is 0 Å². The first-order chi connectivity index (χ1) is 8.19. The predicted octanol–water partition coefficient (Wildman–Crippen LogP) is 4.62. The maximum Gasteiger partial charge on any atom is 0.0603 e. The van der Waals surface area contributed by atoms with Crippen LogP contribution in [-0.2, 0) is 0 Å². The number of hydrogen-bond acceptors (Lipinski definition) is 2. The molecule has 1 aliphatic rings. The zero-order chi connectivity index (χ0) is 12.3. The van der Waals surface area contributed by atoms with Gasteiger partial charge in [0, 0.05) is 16.2 Å². The molecule has 2 rings (SSSR count). The molecule has 1 N–H and O–H groups in total. The number of nitrogens with one attached hydrogen (secondary N) is 1. The third-order valence-corrected chi connectivity index (χ3v) is 5.25. The molecule has 1 nitrogen and oxygen atoms in total. The average Bonchev–Trinajstić information content (AvgIpc) is 2.34. The van der Waals surface area contributed by atoms with E-state index in [0.717, 1.165) is 0 Å². The summed E-state index contributed by atoms with van der Waals surface area (Å²) in [6.07, 6.45) is 5.14. The lowest BCUT2D eigenvalue weighted by Crippen LogP contribution is -2.32. The minimum absolute atomic E-state index is 0.632. The second-order valence-corrected chi connectivity index (χ2v) is 6.66. The first kappa shape index (κ1) is 13.5. The molecule has 0 bridgehead atoms. The Labute approximate surface area is 117 Å². The summed E-state index contributed by atoms with van der Waals surface area (Å²) in [4.78, 5) is 1.22. The molecule has 1 aromatic carbocycles. The van der Waals surface area contributed by atoms with Crippen molar-refractivity contribution in [3.63, 3.8) is 0 Å². The molecule has 0 radical (unpaired) electrons. The van der Waals surface area contributed by atoms with E-state index in [4.69, 9.17) is 23.2 Å². The third kappa shape index (κ3) is 3.78. The quantitative estimate of drug-likeness (QED) is 0.872. The van der Waals surface area contributed by atoms with Crippen LogP contribution < -0.4 is 5.32 Å². The highest BCUT2D eigenvalue weighted by Crippen LogP contribution is 2.36. The summed E-state index contributed by atoms with van der Waals surface area (Å²) in [7, 11) is 2.05. The molecule has 0 heterocycles. The van der Waals surface area contributed by atoms with Crippen LogP contribution in [0.15, 0.2) is 23.1 Å². The zero-order valence-electron chi connectivity index (χ0n) is 9.88. The van der Waals surface area contributed by atoms with E-state index in [9.17, 15) is 0 Å². The molecule has 0 saturated heterocycles. The average molecular weight is 290 g/mol. The summed E-state index contributed by atoms with van der Waals surface area (Å²) >= 11 is 13.9. The van der Waals surface area contributed by atoms with Crippen molar-refractivity contribution in [1.82, 2.24) is 5.32 Å². The van der Waals surface area contributed by atoms with Crippen molar-refractivity contribution in [2.24, 2.45) is 0 Å². The lowest BCUT2D eigenvalue weighted by atomic mass is 9.95. The largest absolute Gasteiger partial charge is 0.317 e. The Morgan fingerprint density at radius 1 is 1.24 bits per heavy atom. The van der Waals surface area contributed by atoms with Gasteiger partial charge in [-0.25, -0.2) is 0 Å². The van der Waals surface area contributed by atoms with Crippen molar-refractivity contribution in [2.45, 2.75) is 41.9 Å². The molecule has 1 saturated carbocycles. The molecule has 1 aliphatic carbocycles. The van der Waals surface area contributed by atoms with Crippen molar-refractivity contribution in [3.05, 3.63) is 28.2 Å². The fourth-order valence-electron chi connectivity index (χ4n) is 2.26. The SMILES string of the molecule is CNC1CCCC(Sc2ccc(Cl)c(Cl)c2)C1. The van der Waals surface area contributed by atoms with Crippen molar-refractivity contribution in [1.29, 1.82) is 0 Å². The van der Waals surface area contributed by atoms with Gasteiger partial charge >= 0.3 is 0 Å². The normalized spacial score (nSPS) is 24.9. The van der Waals surface area contributed by atoms with E-state index in [0.29, 0.717) is 21.3 Å². The topological polar surface area (TPSA) is 12.0 Å². The Bertz CT molecular complexity index is 384. The molecule has 0 spiro atoms. The maximum absolute atomic E-state index is 6.03. The van der Waals surface area contributed by atoms with E-state index in [1.165, 1.54) is 30.6 Å². The van der Waals surface area contributed by atoms with Gasteiger partial charge in [0.1, 0.15) is 0 Å². The van der Waals surface area contributed by atoms with Gasteiger partial charge < -0.3 is 5.32 Å². The molecule has 1 aromatic rings. The van der Waals surface area contributed by atoms with Gasteiger partial charge in [0.15, 0.2) is 0 Å². The second kappa shape index (κ2) is 6.33. The van der Waals surface area contributed by atoms with Crippen LogP contribution in [0.1, 0.15) is 25.7 Å². The fraction of sp³-hybridized carbons (Fsp3) is 0.538. The molecular weight excluding hydrogens is 273 g/mol. The van der Waals surface area contributed by atoms with Crippen molar-refractivity contribution < 1.29 is 0 Å². The summed E-state index contributed by atoms with van der Waals surface area (Å²) in [6.45, 7) is 0. The molecule has 4 heteroatoms. The van der Waals surface area contributed by atoms with Gasteiger partial charge in [-0.3, -0.25) is 0 Å². The Balaban J connectivity index is 1.97. The number of benzene rings is 1. The number of halogens is 2. The second-order valence-electron chi connectivity index (χ2n) is 4.47. The van der Waals surface area contributed by atoms with Crippen molar-refractivity contribution in [3.8, 4) is 0 Å². The van der Waals surface area contributed by atoms with E-state index < -0.39 is 0 Å². The lowest BCUT2D eigenvalue weighted by Gasteiger charge is -2.28. The third-order valence-electron chi connectivity index (χ3n) is 3.23. The van der Waals surface area contributed by atoms with Gasteiger partial charge in [0.05, 0.1) is 10.0 Å². The summed E-state index contributed by atoms with van der Waals surface area (Å²) in [5, 5.41) is 5.36. The van der Waals surface area contributed by atoms with Gasteiger partial charge in [0.25, 0.3) is 0 Å². The molecule has 0 aromatic heterocycles. The summed E-state index contributed by atoms with van der Waals surface area (Å²) < 4.78 is 0. The summed E-state index contributed by atoms with van der Waals surface area (Å²) in [5.74, 6) is 0. The first-order valence-electron chi connectivity index (χ1n) is 5.98. The van der Waals surface area contributed by atoms with E-state index in [-0.39, 0.29) is 0 Å². The van der Waals surface area contributed by atoms with E-state index >= 15 is 0 Å². The highest BCUT2D eigenvalue weighted by Gasteiger charge is 2.21. The molecule has 2 unspecified atom stereocenters. The van der Waals surface area contributed by atoms with E-state index in [1.54, 1.807) is 0 Å². The smallest absolute Gasteiger partial charge is 0.0603 e. The minimum Gasteiger partial charge on any atom is -0.317 e. The maximum atomic E-state index is 6.03. The van der Waals surface area contributed by atoms with Crippen LogP contribution in [0.4, 0.5) is 0 Å². The Kier molecular flexibility index (Phi) is 5.04. The van der Waals surface area contributed by atoms with Crippen LogP contribution in [0.25, 0.3) is 0 Å². The van der Waals surface area contributed by atoms with E-state index in [2.05, 4.69) is 18.4 Å². The molecule has 17 heavy (non-hydrogen) atoms. The zero-order valence-corrected chi connectivity index (χ0v) is 12.2. The van der Waals surface area contributed by atoms with Crippen LogP contribution >= 0.6 is 35.0 Å².